The summed E-state index contributed by atoms with van der Waals surface area (Å²) in [6.07, 6.45) is -6.68. The van der Waals surface area contributed by atoms with Gasteiger partial charge in [-0.15, -0.1) is 0 Å². The van der Waals surface area contributed by atoms with Crippen LogP contribution in [-0.2, 0) is 167 Å². The lowest BCUT2D eigenvalue weighted by molar-refractivity contribution is -0.228. The molecule has 2 heterocycles. The lowest BCUT2D eigenvalue weighted by Gasteiger charge is -2.39. The summed E-state index contributed by atoms with van der Waals surface area (Å²) < 4.78 is 144. The molecule has 41 heteroatoms. The number of nitrogens with one attached hydrogen (secondary N) is 3. The van der Waals surface area contributed by atoms with E-state index < -0.39 is 96.0 Å². The number of benzene rings is 2. The third-order valence-electron chi connectivity index (χ3n) is 18.0. The van der Waals surface area contributed by atoms with Gasteiger partial charge < -0.3 is 160 Å². The molecular formula is C84H138N4O37. The number of carbonyl (C=O) groups is 7. The van der Waals surface area contributed by atoms with Crippen LogP contribution in [0, 0.1) is 5.92 Å². The zero-order chi connectivity index (χ0) is 90.4. The maximum atomic E-state index is 14.6. The molecule has 7 N–H and O–H groups in total. The molecule has 5 amide bonds. The third-order valence-corrected chi connectivity index (χ3v) is 18.0. The van der Waals surface area contributed by atoms with Gasteiger partial charge in [0.15, 0.2) is 17.6 Å². The minimum atomic E-state index is -1.90. The van der Waals surface area contributed by atoms with Crippen molar-refractivity contribution in [3.05, 3.63) is 65.2 Å². The summed E-state index contributed by atoms with van der Waals surface area (Å²) in [4.78, 5) is 93.8. The van der Waals surface area contributed by atoms with Crippen molar-refractivity contribution < 1.29 is 177 Å². The molecule has 0 bridgehead atoms. The molecule has 0 radical (unpaired) electrons. The van der Waals surface area contributed by atoms with Gasteiger partial charge in [-0.1, -0.05) is 26.0 Å². The standard InChI is InChI=1S/C84H138N4O37/c1-63(2)76(83(97)85-64(3)81(95)86-69-10-8-68(62-124-65(4)89)67(61-69)9-12-72-77(92)78(93)79(94)80(125-72)84(98)99)87-82(96)70(88-74(90)13-14-75(88)91)59-66-7-11-71(122-57-55-120-53-51-118-49-47-116-45-43-114-41-39-112-37-35-110-33-31-108-29-27-106-25-23-104-21-19-102-17-15-100-5)73(60-66)123-58-56-121-54-52-119-50-48-117-46-44-115-42-40-113-38-36-111-34-32-109-30-28-107-26-24-105-22-20-103-18-16-101-6/h7-8,10-11,13-14,60-61,63-64,70,72,76-80,92-94H,9,12,15-59,62H2,1-6H3,(H,85,97)(H,86,95)(H,87,96)(H,98,99)/t64-,70-,72-,76-,77-,78+,79-,80-/m0/s1. The SMILES string of the molecule is COCCOCCOCCOCCOCCOCCOCCOCCOCCOCCOCCOc1ccc(C[C@@H](C(=O)N[C@H](C(=O)N[C@@H](C)C(=O)Nc2ccc(COC(C)=O)c(CC[C@@H]3O[C@H](C(=O)O)[C@@H](O)[C@H](O)[C@H]3O)c2)C(C)C)N2C(=O)C=CC2=O)cc1OCCOCCOCCOCCOCCOCCOCCOCCOCCOCCOCCOC. The number of carboxylic acids is 1. The Morgan fingerprint density at radius 1 is 0.408 bits per heavy atom. The van der Waals surface area contributed by atoms with Gasteiger partial charge in [-0.2, -0.15) is 0 Å². The van der Waals surface area contributed by atoms with E-state index >= 15 is 0 Å². The van der Waals surface area contributed by atoms with Crippen LogP contribution in [0.5, 0.6) is 11.5 Å². The second-order valence-electron chi connectivity index (χ2n) is 28.0. The van der Waals surface area contributed by atoms with Gasteiger partial charge in [0.1, 0.15) is 56.3 Å². The molecule has 4 rings (SSSR count). The van der Waals surface area contributed by atoms with E-state index in [9.17, 15) is 54.0 Å². The van der Waals surface area contributed by atoms with Crippen LogP contribution in [0.4, 0.5) is 5.69 Å². The summed E-state index contributed by atoms with van der Waals surface area (Å²) in [7, 11) is 3.25. The second-order valence-corrected chi connectivity index (χ2v) is 28.0. The maximum Gasteiger partial charge on any atom is 0.335 e. The van der Waals surface area contributed by atoms with Crippen molar-refractivity contribution in [2.24, 2.45) is 5.92 Å². The van der Waals surface area contributed by atoms with Crippen LogP contribution in [0.2, 0.25) is 0 Å². The van der Waals surface area contributed by atoms with Crippen LogP contribution >= 0.6 is 0 Å². The van der Waals surface area contributed by atoms with E-state index in [-0.39, 0.29) is 90.2 Å². The number of methoxy groups -OCH3 is 2. The number of esters is 1. The molecular weight excluding hydrogens is 1660 g/mol. The number of hydrogen-bond acceptors (Lipinski definition) is 36. The van der Waals surface area contributed by atoms with Crippen molar-refractivity contribution >= 4 is 47.2 Å². The number of carbonyl (C=O) groups excluding carboxylic acids is 6. The fourth-order valence-corrected chi connectivity index (χ4v) is 11.4. The molecule has 1 fully saturated rings. The highest BCUT2D eigenvalue weighted by Crippen LogP contribution is 2.31. The number of imide groups is 1. The average Bonchev–Trinajstić information content (AvgIpc) is 1.79. The van der Waals surface area contributed by atoms with Gasteiger partial charge >= 0.3 is 11.9 Å². The van der Waals surface area contributed by atoms with Gasteiger partial charge in [0, 0.05) is 45.4 Å². The van der Waals surface area contributed by atoms with Crippen LogP contribution in [0.25, 0.3) is 0 Å². The summed E-state index contributed by atoms with van der Waals surface area (Å²) in [6.45, 7) is 23.0. The zero-order valence-corrected chi connectivity index (χ0v) is 73.5. The van der Waals surface area contributed by atoms with E-state index in [1.807, 2.05) is 0 Å². The smallest absolute Gasteiger partial charge is 0.335 e. The zero-order valence-electron chi connectivity index (χ0n) is 73.5. The van der Waals surface area contributed by atoms with E-state index in [1.165, 1.54) is 26.0 Å². The number of nitrogens with zero attached hydrogens (tertiary/aromatic N) is 1. The van der Waals surface area contributed by atoms with Gasteiger partial charge in [0.25, 0.3) is 11.8 Å². The molecule has 0 unspecified atom stereocenters. The number of aryl methyl sites for hydroxylation is 1. The minimum absolute atomic E-state index is 0.0300. The van der Waals surface area contributed by atoms with Crippen molar-refractivity contribution in [3.8, 4) is 11.5 Å². The van der Waals surface area contributed by atoms with Crippen molar-refractivity contribution in [2.45, 2.75) is 102 Å². The topological polar surface area (TPSA) is 480 Å². The Balaban J connectivity index is 1.21. The second kappa shape index (κ2) is 73.1. The molecule has 0 saturated carbocycles. The number of hydrogen-bond donors (Lipinski definition) is 7. The fourth-order valence-electron chi connectivity index (χ4n) is 11.4. The van der Waals surface area contributed by atoms with Gasteiger partial charge in [0.2, 0.25) is 17.7 Å². The summed E-state index contributed by atoms with van der Waals surface area (Å²) in [6, 6.07) is 5.39. The summed E-state index contributed by atoms with van der Waals surface area (Å²) >= 11 is 0. The Morgan fingerprint density at radius 2 is 0.760 bits per heavy atom. The molecule has 0 aliphatic carbocycles. The summed E-state index contributed by atoms with van der Waals surface area (Å²) in [5, 5.41) is 49.0. The number of aliphatic hydroxyl groups excluding tert-OH is 3. The molecule has 0 spiro atoms. The minimum Gasteiger partial charge on any atom is -0.487 e. The average molecular weight is 1800 g/mol. The number of ether oxygens (including phenoxy) is 26. The molecule has 2 aromatic carbocycles. The number of aliphatic carboxylic acids is 1. The van der Waals surface area contributed by atoms with Gasteiger partial charge in [-0.25, -0.2) is 4.79 Å². The van der Waals surface area contributed by atoms with E-state index in [0.717, 1.165) is 17.1 Å². The highest BCUT2D eigenvalue weighted by Gasteiger charge is 2.47. The molecule has 125 heavy (non-hydrogen) atoms. The highest BCUT2D eigenvalue weighted by atomic mass is 16.6. The highest BCUT2D eigenvalue weighted by molar-refractivity contribution is 6.15. The summed E-state index contributed by atoms with van der Waals surface area (Å²) in [5.41, 5.74) is 1.59. The largest absolute Gasteiger partial charge is 0.487 e. The van der Waals surface area contributed by atoms with Gasteiger partial charge in [0.05, 0.1) is 284 Å². The van der Waals surface area contributed by atoms with Gasteiger partial charge in [-0.3, -0.25) is 33.7 Å². The Morgan fingerprint density at radius 3 is 1.10 bits per heavy atom. The lowest BCUT2D eigenvalue weighted by atomic mass is 9.91. The number of rotatable bonds is 84. The first-order chi connectivity index (χ1) is 60.9. The van der Waals surface area contributed by atoms with Crippen molar-refractivity contribution in [1.29, 1.82) is 0 Å². The van der Waals surface area contributed by atoms with Crippen molar-refractivity contribution in [3.63, 3.8) is 0 Å². The van der Waals surface area contributed by atoms with Crippen molar-refractivity contribution in [2.75, 3.05) is 310 Å². The Bertz CT molecular complexity index is 3170. The molecule has 716 valence electrons. The fraction of sp³-hybridized carbons (Fsp3) is 0.750. The van der Waals surface area contributed by atoms with Crippen LogP contribution in [0.1, 0.15) is 50.8 Å². The number of aliphatic hydroxyl groups is 3. The quantitative estimate of drug-likeness (QED) is 0.0263. The molecule has 2 aliphatic rings. The Labute approximate surface area is 732 Å². The van der Waals surface area contributed by atoms with Crippen molar-refractivity contribution in [1.82, 2.24) is 15.5 Å². The van der Waals surface area contributed by atoms with E-state index in [2.05, 4.69) is 16.0 Å². The first-order valence-corrected chi connectivity index (χ1v) is 42.4. The maximum absolute atomic E-state index is 14.6. The van der Waals surface area contributed by atoms with Crippen LogP contribution in [0.3, 0.4) is 0 Å². The normalized spacial score (nSPS) is 16.6. The van der Waals surface area contributed by atoms with Crippen LogP contribution in [0.15, 0.2) is 48.6 Å². The van der Waals surface area contributed by atoms with Crippen LogP contribution < -0.4 is 25.4 Å². The first-order valence-electron chi connectivity index (χ1n) is 42.4. The van der Waals surface area contributed by atoms with Crippen LogP contribution in [-0.4, -0.2) is 420 Å². The number of amides is 5. The lowest BCUT2D eigenvalue weighted by Crippen LogP contribution is -2.59. The molecule has 2 aromatic rings. The molecule has 1 saturated heterocycles. The Hall–Kier alpha value is -6.77. The summed E-state index contributed by atoms with van der Waals surface area (Å²) in [5.74, 6) is -6.14. The predicted molar refractivity (Wildman–Crippen MR) is 444 cm³/mol. The monoisotopic (exact) mass is 1790 g/mol. The van der Waals surface area contributed by atoms with E-state index in [4.69, 9.17) is 123 Å². The first kappa shape index (κ1) is 111. The van der Waals surface area contributed by atoms with Gasteiger partial charge in [-0.05, 0) is 66.6 Å². The third kappa shape index (κ3) is 52.5. The molecule has 8 atom stereocenters. The van der Waals surface area contributed by atoms with E-state index in [0.29, 0.717) is 260 Å². The molecule has 41 nitrogen and oxygen atoms in total. The number of anilines is 1. The molecule has 2 aliphatic heterocycles. The number of carboxylic acid groups (broad SMARTS) is 1. The Kier molecular flexibility index (Phi) is 64.6. The van der Waals surface area contributed by atoms with E-state index in [1.54, 1.807) is 52.3 Å². The predicted octanol–water partition coefficient (Wildman–Crippen LogP) is 0.120. The molecule has 0 aromatic heterocycles.